The Bertz CT molecular complexity index is 949. The third-order valence-electron chi connectivity index (χ3n) is 6.34. The van der Waals surface area contributed by atoms with Crippen LogP contribution in [0, 0.1) is 12.8 Å². The number of aromatic hydroxyl groups is 1. The van der Waals surface area contributed by atoms with Gasteiger partial charge in [0, 0.05) is 36.0 Å². The molecule has 1 saturated heterocycles. The minimum Gasteiger partial charge on any atom is -0.508 e. The average Bonchev–Trinajstić information content (AvgIpc) is 2.64. The number of piperidine rings is 1. The van der Waals surface area contributed by atoms with Crippen LogP contribution in [0.2, 0.25) is 0 Å². The van der Waals surface area contributed by atoms with E-state index in [0.29, 0.717) is 41.6 Å². The van der Waals surface area contributed by atoms with Gasteiger partial charge in [-0.15, -0.1) is 0 Å². The van der Waals surface area contributed by atoms with Gasteiger partial charge in [0.25, 0.3) is 0 Å². The second-order valence-corrected chi connectivity index (χ2v) is 7.99. The molecule has 2 aromatic rings. The maximum absolute atomic E-state index is 12.9. The number of carbonyl (C=O) groups is 1. The van der Waals surface area contributed by atoms with Gasteiger partial charge in [-0.05, 0) is 43.9 Å². The summed E-state index contributed by atoms with van der Waals surface area (Å²) in [6, 6.07) is 4.59. The molecule has 6 heteroatoms. The fourth-order valence-corrected chi connectivity index (χ4v) is 4.63. The molecule has 1 aromatic carbocycles. The van der Waals surface area contributed by atoms with Gasteiger partial charge in [0.1, 0.15) is 11.3 Å². The molecule has 0 spiro atoms. The first kappa shape index (κ1) is 18.0. The van der Waals surface area contributed by atoms with E-state index in [1.807, 2.05) is 4.90 Å². The van der Waals surface area contributed by atoms with E-state index in [4.69, 9.17) is 4.42 Å². The zero-order chi connectivity index (χ0) is 19.2. The molecule has 1 aliphatic heterocycles. The lowest BCUT2D eigenvalue weighted by Crippen LogP contribution is -2.54. The van der Waals surface area contributed by atoms with Crippen LogP contribution in [0.15, 0.2) is 27.4 Å². The molecule has 0 unspecified atom stereocenters. The number of aryl methyl sites for hydroxylation is 1. The van der Waals surface area contributed by atoms with Gasteiger partial charge in [-0.2, -0.15) is 0 Å². The molecule has 2 fully saturated rings. The molecule has 27 heavy (non-hydrogen) atoms. The van der Waals surface area contributed by atoms with E-state index in [-0.39, 0.29) is 24.0 Å². The van der Waals surface area contributed by atoms with Crippen molar-refractivity contribution in [3.05, 3.63) is 39.7 Å². The highest BCUT2D eigenvalue weighted by Crippen LogP contribution is 2.40. The standard InChI is InChI=1S/C21H25NO5/c1-13-17(23)6-5-16-14(11-19(25)27-20(13)16)10-18(24)22-9-8-21(26)7-3-2-4-15(21)12-22/h5-6,11,15,23,26H,2-4,7-10,12H2,1H3/t15-,21+/m1/s1. The number of hydrogen-bond acceptors (Lipinski definition) is 5. The zero-order valence-electron chi connectivity index (χ0n) is 15.5. The summed E-state index contributed by atoms with van der Waals surface area (Å²) in [7, 11) is 0. The third-order valence-corrected chi connectivity index (χ3v) is 6.34. The Kier molecular flexibility index (Phi) is 4.46. The van der Waals surface area contributed by atoms with Crippen LogP contribution in [-0.2, 0) is 11.2 Å². The number of aliphatic hydroxyl groups is 1. The van der Waals surface area contributed by atoms with Crippen molar-refractivity contribution in [2.24, 2.45) is 5.92 Å². The summed E-state index contributed by atoms with van der Waals surface area (Å²) in [4.78, 5) is 26.7. The number of rotatable bonds is 2. The average molecular weight is 371 g/mol. The maximum Gasteiger partial charge on any atom is 0.336 e. The summed E-state index contributed by atoms with van der Waals surface area (Å²) in [6.45, 7) is 2.81. The van der Waals surface area contributed by atoms with E-state index in [1.165, 1.54) is 6.07 Å². The van der Waals surface area contributed by atoms with Crippen molar-refractivity contribution in [1.82, 2.24) is 4.90 Å². The second kappa shape index (κ2) is 6.68. The van der Waals surface area contributed by atoms with Crippen molar-refractivity contribution in [1.29, 1.82) is 0 Å². The Morgan fingerprint density at radius 1 is 1.33 bits per heavy atom. The summed E-state index contributed by atoms with van der Waals surface area (Å²) in [5, 5.41) is 21.3. The molecule has 2 atom stereocenters. The van der Waals surface area contributed by atoms with Gasteiger partial charge in [-0.3, -0.25) is 4.79 Å². The van der Waals surface area contributed by atoms with E-state index in [1.54, 1.807) is 19.1 Å². The van der Waals surface area contributed by atoms with E-state index >= 15 is 0 Å². The van der Waals surface area contributed by atoms with Gasteiger partial charge in [-0.1, -0.05) is 12.8 Å². The molecule has 2 aliphatic rings. The lowest BCUT2D eigenvalue weighted by molar-refractivity contribution is -0.142. The zero-order valence-corrected chi connectivity index (χ0v) is 15.5. The molecule has 6 nitrogen and oxygen atoms in total. The van der Waals surface area contributed by atoms with Gasteiger partial charge >= 0.3 is 5.63 Å². The minimum absolute atomic E-state index is 0.0414. The monoisotopic (exact) mass is 371 g/mol. The highest BCUT2D eigenvalue weighted by Gasteiger charge is 2.43. The summed E-state index contributed by atoms with van der Waals surface area (Å²) >= 11 is 0. The second-order valence-electron chi connectivity index (χ2n) is 7.99. The van der Waals surface area contributed by atoms with Crippen molar-refractivity contribution in [2.45, 2.75) is 51.0 Å². The molecule has 1 aromatic heterocycles. The molecule has 1 saturated carbocycles. The van der Waals surface area contributed by atoms with Crippen LogP contribution in [0.5, 0.6) is 5.75 Å². The SMILES string of the molecule is Cc1c(O)ccc2c(CC(=O)N3CC[C@@]4(O)CCCC[C@@H]4C3)cc(=O)oc12. The number of likely N-dealkylation sites (tertiary alicyclic amines) is 1. The molecule has 0 bridgehead atoms. The fraction of sp³-hybridized carbons (Fsp3) is 0.524. The molecule has 0 radical (unpaired) electrons. The highest BCUT2D eigenvalue weighted by atomic mass is 16.4. The summed E-state index contributed by atoms with van der Waals surface area (Å²) in [6.07, 6.45) is 4.66. The van der Waals surface area contributed by atoms with E-state index in [0.717, 1.165) is 25.7 Å². The lowest BCUT2D eigenvalue weighted by Gasteiger charge is -2.47. The highest BCUT2D eigenvalue weighted by molar-refractivity contribution is 5.89. The fourth-order valence-electron chi connectivity index (χ4n) is 4.63. The van der Waals surface area contributed by atoms with Crippen molar-refractivity contribution in [3.8, 4) is 5.75 Å². The quantitative estimate of drug-likeness (QED) is 0.792. The van der Waals surface area contributed by atoms with Crippen molar-refractivity contribution in [3.63, 3.8) is 0 Å². The number of hydrogen-bond donors (Lipinski definition) is 2. The molecule has 1 aliphatic carbocycles. The topological polar surface area (TPSA) is 91.0 Å². The van der Waals surface area contributed by atoms with Gasteiger partial charge in [0.05, 0.1) is 12.0 Å². The maximum atomic E-state index is 12.9. The van der Waals surface area contributed by atoms with Crippen LogP contribution in [0.25, 0.3) is 11.0 Å². The predicted molar refractivity (Wildman–Crippen MR) is 101 cm³/mol. The molecule has 4 rings (SSSR count). The van der Waals surface area contributed by atoms with E-state index in [9.17, 15) is 19.8 Å². The smallest absolute Gasteiger partial charge is 0.336 e. The van der Waals surface area contributed by atoms with Crippen LogP contribution in [0.4, 0.5) is 0 Å². The number of phenols is 1. The number of amides is 1. The largest absolute Gasteiger partial charge is 0.508 e. The lowest BCUT2D eigenvalue weighted by atomic mass is 9.71. The summed E-state index contributed by atoms with van der Waals surface area (Å²) in [5.74, 6) is 0.155. The van der Waals surface area contributed by atoms with E-state index < -0.39 is 11.2 Å². The van der Waals surface area contributed by atoms with Crippen molar-refractivity contribution >= 4 is 16.9 Å². The van der Waals surface area contributed by atoms with Crippen molar-refractivity contribution in [2.75, 3.05) is 13.1 Å². The van der Waals surface area contributed by atoms with Gasteiger partial charge in [-0.25, -0.2) is 4.79 Å². The number of fused-ring (bicyclic) bond motifs is 2. The van der Waals surface area contributed by atoms with Crippen LogP contribution >= 0.6 is 0 Å². The normalized spacial score (nSPS) is 25.4. The Morgan fingerprint density at radius 3 is 2.96 bits per heavy atom. The number of phenolic OH excluding ortho intramolecular Hbond substituents is 1. The number of carbonyl (C=O) groups excluding carboxylic acids is 1. The minimum atomic E-state index is -0.621. The van der Waals surface area contributed by atoms with E-state index in [2.05, 4.69) is 0 Å². The number of nitrogens with zero attached hydrogens (tertiary/aromatic N) is 1. The first-order chi connectivity index (χ1) is 12.9. The number of benzene rings is 1. The predicted octanol–water partition coefficient (Wildman–Crippen LogP) is 2.50. The summed E-state index contributed by atoms with van der Waals surface area (Å²) in [5.41, 5.74) is 0.275. The van der Waals surface area contributed by atoms with Crippen LogP contribution in [-0.4, -0.2) is 39.7 Å². The van der Waals surface area contributed by atoms with Crippen molar-refractivity contribution < 1.29 is 19.4 Å². The van der Waals surface area contributed by atoms with Crippen LogP contribution in [0.1, 0.15) is 43.2 Å². The molecule has 144 valence electrons. The third kappa shape index (κ3) is 3.23. The summed E-state index contributed by atoms with van der Waals surface area (Å²) < 4.78 is 5.25. The van der Waals surface area contributed by atoms with Gasteiger partial charge in [0.15, 0.2) is 0 Å². The molecular weight excluding hydrogens is 346 g/mol. The Labute approximate surface area is 157 Å². The molecular formula is C21H25NO5. The molecule has 1 amide bonds. The first-order valence-electron chi connectivity index (χ1n) is 9.63. The Hall–Kier alpha value is -2.34. The van der Waals surface area contributed by atoms with Gasteiger partial charge < -0.3 is 19.5 Å². The van der Waals surface area contributed by atoms with Gasteiger partial charge in [0.2, 0.25) is 5.91 Å². The first-order valence-corrected chi connectivity index (χ1v) is 9.63. The van der Waals surface area contributed by atoms with Crippen LogP contribution in [0.3, 0.4) is 0 Å². The Morgan fingerprint density at radius 2 is 2.15 bits per heavy atom. The van der Waals surface area contributed by atoms with Crippen LogP contribution < -0.4 is 5.63 Å². The Balaban J connectivity index is 1.58. The molecule has 2 heterocycles. The molecule has 2 N–H and O–H groups in total.